The lowest BCUT2D eigenvalue weighted by Crippen LogP contribution is -1.80. The molecule has 0 amide bonds. The van der Waals surface area contributed by atoms with E-state index in [1.54, 1.807) is 11.1 Å². The van der Waals surface area contributed by atoms with Gasteiger partial charge in [-0.3, -0.25) is 0 Å². The molecule has 1 aliphatic carbocycles. The van der Waals surface area contributed by atoms with Gasteiger partial charge in [0.1, 0.15) is 0 Å². The molecule has 1 saturated carbocycles. The molecule has 0 bridgehead atoms. The average molecular weight is 220 g/mol. The van der Waals surface area contributed by atoms with Crippen LogP contribution in [0, 0.1) is 11.8 Å². The normalized spacial score (nSPS) is 26.6. The number of unbranched alkanes of at least 4 members (excludes halogenated alkanes) is 1. The quantitative estimate of drug-likeness (QED) is 0.409. The summed E-state index contributed by atoms with van der Waals surface area (Å²) in [6, 6.07) is 0. The van der Waals surface area contributed by atoms with Crippen LogP contribution in [0.15, 0.2) is 22.8 Å². The summed E-state index contributed by atoms with van der Waals surface area (Å²) in [5.41, 5.74) is 4.93. The van der Waals surface area contributed by atoms with Gasteiger partial charge in [-0.2, -0.15) is 0 Å². The molecule has 0 aromatic carbocycles. The highest BCUT2D eigenvalue weighted by Crippen LogP contribution is 2.50. The van der Waals surface area contributed by atoms with Gasteiger partial charge in [-0.25, -0.2) is 0 Å². The van der Waals surface area contributed by atoms with Gasteiger partial charge in [0.25, 0.3) is 0 Å². The van der Waals surface area contributed by atoms with E-state index < -0.39 is 0 Å². The number of hydrogen-bond donors (Lipinski definition) is 0. The summed E-state index contributed by atoms with van der Waals surface area (Å²) in [6.45, 7) is 11.4. The summed E-state index contributed by atoms with van der Waals surface area (Å²) in [4.78, 5) is 0. The maximum atomic E-state index is 2.40. The molecule has 2 unspecified atom stereocenters. The SMILES string of the molecule is CCCC1C(=C(C)CCCC=C(C)C)C1C. The topological polar surface area (TPSA) is 0 Å². The Morgan fingerprint density at radius 2 is 1.94 bits per heavy atom. The molecule has 0 aromatic heterocycles. The van der Waals surface area contributed by atoms with Crippen LogP contribution < -0.4 is 0 Å². The minimum absolute atomic E-state index is 0.892. The molecule has 0 aliphatic heterocycles. The van der Waals surface area contributed by atoms with E-state index in [9.17, 15) is 0 Å². The summed E-state index contributed by atoms with van der Waals surface area (Å²) >= 11 is 0. The molecule has 0 saturated heterocycles. The van der Waals surface area contributed by atoms with Gasteiger partial charge in [0.2, 0.25) is 0 Å². The van der Waals surface area contributed by atoms with Crippen LogP contribution in [-0.2, 0) is 0 Å². The Hall–Kier alpha value is -0.520. The highest BCUT2D eigenvalue weighted by atomic mass is 14.4. The Morgan fingerprint density at radius 3 is 2.50 bits per heavy atom. The van der Waals surface area contributed by atoms with Crippen molar-refractivity contribution < 1.29 is 0 Å². The molecule has 0 aromatic rings. The van der Waals surface area contributed by atoms with Crippen molar-refractivity contribution >= 4 is 0 Å². The molecule has 0 spiro atoms. The number of hydrogen-bond acceptors (Lipinski definition) is 0. The Labute approximate surface area is 102 Å². The molecule has 92 valence electrons. The average Bonchev–Trinajstić information content (AvgIpc) is 2.84. The molecule has 1 aliphatic rings. The van der Waals surface area contributed by atoms with Crippen LogP contribution in [0.5, 0.6) is 0 Å². The van der Waals surface area contributed by atoms with Gasteiger partial charge in [0.05, 0.1) is 0 Å². The number of rotatable bonds is 6. The second-order valence-corrected chi connectivity index (χ2v) is 5.59. The van der Waals surface area contributed by atoms with Crippen molar-refractivity contribution in [3.8, 4) is 0 Å². The second kappa shape index (κ2) is 6.27. The van der Waals surface area contributed by atoms with Crippen molar-refractivity contribution in [1.82, 2.24) is 0 Å². The lowest BCUT2D eigenvalue weighted by Gasteiger charge is -1.99. The smallest absolute Gasteiger partial charge is 0.0135 e. The molecule has 1 rings (SSSR count). The van der Waals surface area contributed by atoms with E-state index in [1.807, 2.05) is 0 Å². The fourth-order valence-electron chi connectivity index (χ4n) is 2.79. The zero-order valence-corrected chi connectivity index (χ0v) is 11.8. The minimum Gasteiger partial charge on any atom is -0.0859 e. The molecule has 0 heteroatoms. The summed E-state index contributed by atoms with van der Waals surface area (Å²) in [6.07, 6.45) is 8.98. The van der Waals surface area contributed by atoms with Crippen molar-refractivity contribution in [2.24, 2.45) is 11.8 Å². The Bertz CT molecular complexity index is 276. The van der Waals surface area contributed by atoms with Crippen LogP contribution in [0.1, 0.15) is 66.7 Å². The third-order valence-electron chi connectivity index (χ3n) is 3.79. The fourth-order valence-corrected chi connectivity index (χ4v) is 2.79. The highest BCUT2D eigenvalue weighted by molar-refractivity contribution is 5.33. The van der Waals surface area contributed by atoms with Crippen molar-refractivity contribution in [3.63, 3.8) is 0 Å². The first kappa shape index (κ1) is 13.5. The van der Waals surface area contributed by atoms with Gasteiger partial charge >= 0.3 is 0 Å². The largest absolute Gasteiger partial charge is 0.0859 e. The fraction of sp³-hybridized carbons (Fsp3) is 0.750. The van der Waals surface area contributed by atoms with Crippen LogP contribution in [0.4, 0.5) is 0 Å². The maximum Gasteiger partial charge on any atom is -0.0135 e. The van der Waals surface area contributed by atoms with Crippen molar-refractivity contribution in [2.75, 3.05) is 0 Å². The number of allylic oxidation sites excluding steroid dienone is 4. The lowest BCUT2D eigenvalue weighted by molar-refractivity contribution is 0.663. The van der Waals surface area contributed by atoms with Gasteiger partial charge in [-0.15, -0.1) is 0 Å². The first-order valence-corrected chi connectivity index (χ1v) is 6.90. The van der Waals surface area contributed by atoms with E-state index in [-0.39, 0.29) is 0 Å². The predicted molar refractivity (Wildman–Crippen MR) is 73.5 cm³/mol. The van der Waals surface area contributed by atoms with Gasteiger partial charge in [-0.05, 0) is 58.3 Å². The van der Waals surface area contributed by atoms with Crippen LogP contribution in [0.3, 0.4) is 0 Å². The molecular weight excluding hydrogens is 192 g/mol. The van der Waals surface area contributed by atoms with Gasteiger partial charge in [0.15, 0.2) is 0 Å². The molecule has 16 heavy (non-hydrogen) atoms. The Kier molecular flexibility index (Phi) is 5.31. The Morgan fingerprint density at radius 1 is 1.25 bits per heavy atom. The molecule has 0 heterocycles. The molecule has 1 fully saturated rings. The summed E-state index contributed by atoms with van der Waals surface area (Å²) in [5, 5.41) is 0. The molecule has 0 N–H and O–H groups in total. The first-order valence-electron chi connectivity index (χ1n) is 6.90. The van der Waals surface area contributed by atoms with Crippen molar-refractivity contribution in [1.29, 1.82) is 0 Å². The van der Waals surface area contributed by atoms with E-state index in [2.05, 4.69) is 40.7 Å². The van der Waals surface area contributed by atoms with Crippen LogP contribution in [0.25, 0.3) is 0 Å². The summed E-state index contributed by atoms with van der Waals surface area (Å²) in [5.74, 6) is 1.83. The van der Waals surface area contributed by atoms with Gasteiger partial charge in [-0.1, -0.05) is 43.1 Å². The van der Waals surface area contributed by atoms with E-state index in [1.165, 1.54) is 37.7 Å². The first-order chi connectivity index (χ1) is 7.57. The highest BCUT2D eigenvalue weighted by Gasteiger charge is 2.39. The van der Waals surface area contributed by atoms with Crippen LogP contribution >= 0.6 is 0 Å². The van der Waals surface area contributed by atoms with E-state index in [0.29, 0.717) is 0 Å². The standard InChI is InChI=1S/C16H28/c1-6-9-15-14(5)16(15)13(4)11-8-7-10-12(2)3/h10,14-15H,6-9,11H2,1-5H3. The molecular formula is C16H28. The Balaban J connectivity index is 2.32. The molecule has 2 atom stereocenters. The van der Waals surface area contributed by atoms with E-state index in [0.717, 1.165) is 11.8 Å². The lowest BCUT2D eigenvalue weighted by atomic mass is 10.1. The van der Waals surface area contributed by atoms with E-state index in [4.69, 9.17) is 0 Å². The maximum absolute atomic E-state index is 2.40. The molecule has 0 nitrogen and oxygen atoms in total. The van der Waals surface area contributed by atoms with E-state index >= 15 is 0 Å². The summed E-state index contributed by atoms with van der Waals surface area (Å²) < 4.78 is 0. The van der Waals surface area contributed by atoms with Crippen LogP contribution in [-0.4, -0.2) is 0 Å². The third kappa shape index (κ3) is 3.81. The predicted octanol–water partition coefficient (Wildman–Crippen LogP) is 5.51. The molecule has 0 radical (unpaired) electrons. The van der Waals surface area contributed by atoms with Crippen LogP contribution in [0.2, 0.25) is 0 Å². The van der Waals surface area contributed by atoms with Crippen molar-refractivity contribution in [2.45, 2.75) is 66.7 Å². The second-order valence-electron chi connectivity index (χ2n) is 5.59. The third-order valence-corrected chi connectivity index (χ3v) is 3.79. The van der Waals surface area contributed by atoms with Crippen molar-refractivity contribution in [3.05, 3.63) is 22.8 Å². The summed E-state index contributed by atoms with van der Waals surface area (Å²) in [7, 11) is 0. The monoisotopic (exact) mass is 220 g/mol. The zero-order valence-electron chi connectivity index (χ0n) is 11.8. The van der Waals surface area contributed by atoms with Gasteiger partial charge < -0.3 is 0 Å². The minimum atomic E-state index is 0.892. The zero-order chi connectivity index (χ0) is 12.1. The van der Waals surface area contributed by atoms with Gasteiger partial charge in [0, 0.05) is 0 Å².